The number of hydrogen-bond donors (Lipinski definition) is 1. The first kappa shape index (κ1) is 18.2. The van der Waals surface area contributed by atoms with Gasteiger partial charge >= 0.3 is 0 Å². The summed E-state index contributed by atoms with van der Waals surface area (Å²) in [5.41, 5.74) is 0. The van der Waals surface area contributed by atoms with Crippen molar-refractivity contribution < 1.29 is 9.84 Å². The summed E-state index contributed by atoms with van der Waals surface area (Å²) >= 11 is 1.96. The first-order valence-corrected chi connectivity index (χ1v) is 8.91. The van der Waals surface area contributed by atoms with Crippen molar-refractivity contribution in [2.75, 3.05) is 44.7 Å². The van der Waals surface area contributed by atoms with Crippen molar-refractivity contribution in [3.63, 3.8) is 0 Å². The van der Waals surface area contributed by atoms with Crippen LogP contribution in [0.2, 0.25) is 0 Å². The molecule has 1 aliphatic heterocycles. The average molecular weight is 305 g/mol. The molecule has 1 saturated heterocycles. The van der Waals surface area contributed by atoms with E-state index in [4.69, 9.17) is 4.74 Å². The zero-order valence-electron chi connectivity index (χ0n) is 13.7. The molecular formula is C15H32N2O2S. The molecule has 0 aromatic carbocycles. The van der Waals surface area contributed by atoms with Crippen molar-refractivity contribution in [1.82, 2.24) is 9.80 Å². The molecule has 0 aromatic rings. The molecule has 0 aromatic heterocycles. The van der Waals surface area contributed by atoms with Gasteiger partial charge in [-0.25, -0.2) is 0 Å². The van der Waals surface area contributed by atoms with Crippen molar-refractivity contribution in [2.24, 2.45) is 0 Å². The largest absolute Gasteiger partial charge is 0.390 e. The molecule has 0 bridgehead atoms. The third-order valence-corrected chi connectivity index (χ3v) is 4.90. The highest BCUT2D eigenvalue weighted by Crippen LogP contribution is 2.12. The fraction of sp³-hybridized carbons (Fsp3) is 1.00. The molecule has 5 heteroatoms. The molecule has 4 atom stereocenters. The van der Waals surface area contributed by atoms with Gasteiger partial charge < -0.3 is 14.7 Å². The zero-order valence-corrected chi connectivity index (χ0v) is 14.5. The van der Waals surface area contributed by atoms with Gasteiger partial charge in [-0.3, -0.25) is 4.90 Å². The predicted molar refractivity (Wildman–Crippen MR) is 87.5 cm³/mol. The number of rotatable bonds is 8. The third kappa shape index (κ3) is 6.76. The fourth-order valence-corrected chi connectivity index (χ4v) is 3.55. The summed E-state index contributed by atoms with van der Waals surface area (Å²) in [7, 11) is 2.11. The lowest BCUT2D eigenvalue weighted by Gasteiger charge is -2.37. The molecule has 1 heterocycles. The summed E-state index contributed by atoms with van der Waals surface area (Å²) in [5, 5.41) is 10.3. The second kappa shape index (κ2) is 9.26. The van der Waals surface area contributed by atoms with E-state index in [1.54, 1.807) is 0 Å². The Hall–Kier alpha value is 0.190. The van der Waals surface area contributed by atoms with Crippen molar-refractivity contribution in [3.05, 3.63) is 0 Å². The zero-order chi connectivity index (χ0) is 15.1. The van der Waals surface area contributed by atoms with E-state index in [1.807, 2.05) is 11.8 Å². The van der Waals surface area contributed by atoms with Crippen LogP contribution in [0.25, 0.3) is 0 Å². The van der Waals surface area contributed by atoms with Crippen molar-refractivity contribution in [3.8, 4) is 0 Å². The summed E-state index contributed by atoms with van der Waals surface area (Å²) in [5.74, 6) is 2.29. The molecule has 20 heavy (non-hydrogen) atoms. The average Bonchev–Trinajstić information content (AvgIpc) is 2.34. The highest BCUT2D eigenvalue weighted by atomic mass is 32.2. The number of nitrogens with zero attached hydrogens (tertiary/aromatic N) is 2. The number of likely N-dealkylation sites (N-methyl/N-ethyl adjacent to an activating group) is 1. The minimum Gasteiger partial charge on any atom is -0.390 e. The van der Waals surface area contributed by atoms with Crippen molar-refractivity contribution >= 4 is 11.8 Å². The first-order chi connectivity index (χ1) is 9.42. The Morgan fingerprint density at radius 1 is 1.35 bits per heavy atom. The molecule has 1 N–H and O–H groups in total. The van der Waals surface area contributed by atoms with Crippen molar-refractivity contribution in [1.29, 1.82) is 0 Å². The molecule has 4 nitrogen and oxygen atoms in total. The van der Waals surface area contributed by atoms with Crippen LogP contribution < -0.4 is 0 Å². The van der Waals surface area contributed by atoms with Crippen LogP contribution in [0, 0.1) is 0 Å². The Kier molecular flexibility index (Phi) is 8.44. The number of β-amino-alcohol motifs (C(OH)–C–C–N with tert-alkyl or cyclic N) is 1. The van der Waals surface area contributed by atoms with E-state index in [9.17, 15) is 5.11 Å². The molecule has 120 valence electrons. The lowest BCUT2D eigenvalue weighted by molar-refractivity contribution is -0.0780. The van der Waals surface area contributed by atoms with Gasteiger partial charge in [-0.2, -0.15) is 11.8 Å². The van der Waals surface area contributed by atoms with E-state index in [0.29, 0.717) is 6.04 Å². The van der Waals surface area contributed by atoms with E-state index >= 15 is 0 Å². The molecule has 1 aliphatic rings. The molecular weight excluding hydrogens is 272 g/mol. The smallest absolute Gasteiger partial charge is 0.0793 e. The molecule has 0 spiro atoms. The second-order valence-corrected chi connectivity index (χ2v) is 7.40. The maximum Gasteiger partial charge on any atom is 0.0793 e. The summed E-state index contributed by atoms with van der Waals surface area (Å²) in [6.45, 7) is 12.0. The minimum absolute atomic E-state index is 0.267. The van der Waals surface area contributed by atoms with E-state index in [1.165, 1.54) is 0 Å². The van der Waals surface area contributed by atoms with Crippen LogP contribution in [-0.4, -0.2) is 84.0 Å². The van der Waals surface area contributed by atoms with Crippen LogP contribution in [0.1, 0.15) is 27.7 Å². The number of hydrogen-bond acceptors (Lipinski definition) is 5. The summed E-state index contributed by atoms with van der Waals surface area (Å²) in [4.78, 5) is 4.59. The Bertz CT molecular complexity index is 258. The van der Waals surface area contributed by atoms with Gasteiger partial charge in [-0.05, 0) is 33.6 Å². The van der Waals surface area contributed by atoms with Crippen LogP contribution in [0.3, 0.4) is 0 Å². The van der Waals surface area contributed by atoms with E-state index in [-0.39, 0.29) is 18.3 Å². The number of thioether (sulfide) groups is 1. The fourth-order valence-electron chi connectivity index (χ4n) is 2.72. The van der Waals surface area contributed by atoms with Gasteiger partial charge in [0.15, 0.2) is 0 Å². The third-order valence-electron chi connectivity index (χ3n) is 3.78. The summed E-state index contributed by atoms with van der Waals surface area (Å²) in [6.07, 6.45) is 0.249. The molecule has 0 radical (unpaired) electrons. The van der Waals surface area contributed by atoms with Crippen LogP contribution in [0.15, 0.2) is 0 Å². The molecule has 4 unspecified atom stereocenters. The lowest BCUT2D eigenvalue weighted by atomic mass is 10.2. The topological polar surface area (TPSA) is 35.9 Å². The molecule has 1 fully saturated rings. The highest BCUT2D eigenvalue weighted by molar-refractivity contribution is 7.99. The van der Waals surface area contributed by atoms with E-state index in [0.717, 1.165) is 37.7 Å². The van der Waals surface area contributed by atoms with E-state index < -0.39 is 0 Å². The number of aliphatic hydroxyl groups is 1. The van der Waals surface area contributed by atoms with Crippen LogP contribution in [0.4, 0.5) is 0 Å². The van der Waals surface area contributed by atoms with Crippen LogP contribution >= 0.6 is 11.8 Å². The molecule has 1 rings (SSSR count). The van der Waals surface area contributed by atoms with Gasteiger partial charge in [0.25, 0.3) is 0 Å². The lowest BCUT2D eigenvalue weighted by Crippen LogP contribution is -2.50. The van der Waals surface area contributed by atoms with Gasteiger partial charge in [0.05, 0.1) is 18.3 Å². The molecule has 0 amide bonds. The molecule has 0 aliphatic carbocycles. The normalized spacial score (nSPS) is 27.8. The Morgan fingerprint density at radius 2 is 1.95 bits per heavy atom. The molecule has 0 saturated carbocycles. The Labute approximate surface area is 128 Å². The quantitative estimate of drug-likeness (QED) is 0.736. The Morgan fingerprint density at radius 3 is 2.50 bits per heavy atom. The van der Waals surface area contributed by atoms with Gasteiger partial charge in [0.1, 0.15) is 0 Å². The number of aliphatic hydroxyl groups excluding tert-OH is 1. The van der Waals surface area contributed by atoms with Gasteiger partial charge in [0, 0.05) is 38.0 Å². The predicted octanol–water partition coefficient (Wildman–Crippen LogP) is 1.53. The second-order valence-electron chi connectivity index (χ2n) is 6.08. The summed E-state index contributed by atoms with van der Waals surface area (Å²) < 4.78 is 5.73. The number of morpholine rings is 1. The maximum atomic E-state index is 10.3. The monoisotopic (exact) mass is 304 g/mol. The standard InChI is InChI=1S/C15H32N2O2S/c1-6-20-11-12(2)16(5)9-15(18)10-17-7-13(3)19-14(4)8-17/h12-15,18H,6-11H2,1-5H3. The van der Waals surface area contributed by atoms with Gasteiger partial charge in [0.2, 0.25) is 0 Å². The van der Waals surface area contributed by atoms with Crippen molar-refractivity contribution in [2.45, 2.75) is 52.0 Å². The van der Waals surface area contributed by atoms with Crippen LogP contribution in [-0.2, 0) is 4.74 Å². The number of ether oxygens (including phenoxy) is 1. The minimum atomic E-state index is -0.286. The van der Waals surface area contributed by atoms with Gasteiger partial charge in [-0.1, -0.05) is 6.92 Å². The van der Waals surface area contributed by atoms with Crippen LogP contribution in [0.5, 0.6) is 0 Å². The Balaban J connectivity index is 2.29. The maximum absolute atomic E-state index is 10.3. The van der Waals surface area contributed by atoms with Gasteiger partial charge in [-0.15, -0.1) is 0 Å². The highest BCUT2D eigenvalue weighted by Gasteiger charge is 2.24. The SMILES string of the molecule is CCSCC(C)N(C)CC(O)CN1CC(C)OC(C)C1. The summed E-state index contributed by atoms with van der Waals surface area (Å²) in [6, 6.07) is 0.511. The first-order valence-electron chi connectivity index (χ1n) is 7.76. The van der Waals surface area contributed by atoms with E-state index in [2.05, 4.69) is 44.5 Å².